The summed E-state index contributed by atoms with van der Waals surface area (Å²) in [5.74, 6) is -0.625. The highest BCUT2D eigenvalue weighted by molar-refractivity contribution is 7.13. The highest BCUT2D eigenvalue weighted by atomic mass is 32.1. The lowest BCUT2D eigenvalue weighted by atomic mass is 10.1. The Morgan fingerprint density at radius 3 is 2.65 bits per heavy atom. The van der Waals surface area contributed by atoms with E-state index in [1.807, 2.05) is 19.2 Å². The van der Waals surface area contributed by atoms with Crippen LogP contribution in [-0.4, -0.2) is 59.6 Å². The lowest BCUT2D eigenvalue weighted by molar-refractivity contribution is -0.125. The van der Waals surface area contributed by atoms with Gasteiger partial charge in [-0.3, -0.25) is 14.5 Å². The average molecular weight is 384 g/mol. The highest BCUT2D eigenvalue weighted by Gasteiger charge is 2.23. The molecule has 0 bridgehead atoms. The van der Waals surface area contributed by atoms with Crippen molar-refractivity contribution < 1.29 is 14.3 Å². The van der Waals surface area contributed by atoms with Crippen LogP contribution in [-0.2, 0) is 20.9 Å². The maximum Gasteiger partial charge on any atom is 0.245 e. The van der Waals surface area contributed by atoms with Gasteiger partial charge in [-0.1, -0.05) is 13.8 Å². The Hall–Kier alpha value is -1.55. The van der Waals surface area contributed by atoms with E-state index in [0.717, 1.165) is 25.3 Å². The monoisotopic (exact) mass is 383 g/mol. The van der Waals surface area contributed by atoms with E-state index in [4.69, 9.17) is 10.5 Å². The van der Waals surface area contributed by atoms with Gasteiger partial charge in [0.1, 0.15) is 0 Å². The van der Waals surface area contributed by atoms with E-state index in [9.17, 15) is 9.59 Å². The van der Waals surface area contributed by atoms with Gasteiger partial charge >= 0.3 is 0 Å². The van der Waals surface area contributed by atoms with Crippen LogP contribution in [0.4, 0.5) is 5.13 Å². The zero-order chi connectivity index (χ0) is 19.3. The molecule has 0 aliphatic carbocycles. The molecule has 146 valence electrons. The van der Waals surface area contributed by atoms with Gasteiger partial charge < -0.3 is 21.1 Å². The Labute approximate surface area is 158 Å². The molecule has 0 saturated carbocycles. The molecular weight excluding hydrogens is 354 g/mol. The number of aromatic nitrogens is 1. The van der Waals surface area contributed by atoms with Crippen molar-refractivity contribution in [3.05, 3.63) is 11.1 Å². The van der Waals surface area contributed by atoms with Crippen LogP contribution >= 0.6 is 11.3 Å². The van der Waals surface area contributed by atoms with Gasteiger partial charge in [0.2, 0.25) is 11.8 Å². The van der Waals surface area contributed by atoms with Crippen LogP contribution in [0.25, 0.3) is 0 Å². The maximum absolute atomic E-state index is 12.0. The van der Waals surface area contributed by atoms with E-state index in [0.29, 0.717) is 5.13 Å². The van der Waals surface area contributed by atoms with E-state index in [2.05, 4.69) is 34.4 Å². The van der Waals surface area contributed by atoms with Gasteiger partial charge in [-0.15, -0.1) is 11.3 Å². The molecule has 1 aliphatic heterocycles. The molecule has 3 atom stereocenters. The second-order valence-corrected chi connectivity index (χ2v) is 7.99. The van der Waals surface area contributed by atoms with Crippen molar-refractivity contribution in [2.45, 2.75) is 52.5 Å². The van der Waals surface area contributed by atoms with Crippen LogP contribution in [0.2, 0.25) is 0 Å². The summed E-state index contributed by atoms with van der Waals surface area (Å²) in [6.07, 6.45) is 0.412. The molecule has 1 fully saturated rings. The number of hydrogen-bond acceptors (Lipinski definition) is 7. The molecule has 4 N–H and O–H groups in total. The van der Waals surface area contributed by atoms with Crippen molar-refractivity contribution in [2.75, 3.05) is 25.0 Å². The van der Waals surface area contributed by atoms with Crippen molar-refractivity contribution in [3.63, 3.8) is 0 Å². The van der Waals surface area contributed by atoms with Crippen LogP contribution in [0, 0.1) is 5.92 Å². The van der Waals surface area contributed by atoms with E-state index in [-0.39, 0.29) is 36.5 Å². The predicted octanol–water partition coefficient (Wildman–Crippen LogP) is 0.790. The van der Waals surface area contributed by atoms with Crippen LogP contribution in [0.15, 0.2) is 5.38 Å². The number of nitrogens with one attached hydrogen (secondary N) is 2. The summed E-state index contributed by atoms with van der Waals surface area (Å²) in [5.41, 5.74) is 6.66. The molecule has 0 radical (unpaired) electrons. The largest absolute Gasteiger partial charge is 0.373 e. The first-order chi connectivity index (χ1) is 12.2. The van der Waals surface area contributed by atoms with Gasteiger partial charge in [-0.05, 0) is 19.8 Å². The molecule has 2 unspecified atom stereocenters. The SMILES string of the molecule is CC1CN(Cc2csc(NC(=O)CNC(=O)[C@@H](N)C(C)C)n2)CC(C)O1. The topological polar surface area (TPSA) is 110 Å². The van der Waals surface area contributed by atoms with Gasteiger partial charge in [0, 0.05) is 25.0 Å². The Morgan fingerprint density at radius 2 is 2.04 bits per heavy atom. The summed E-state index contributed by atoms with van der Waals surface area (Å²) in [6.45, 7) is 10.2. The fraction of sp³-hybridized carbons (Fsp3) is 0.706. The number of ether oxygens (including phenoxy) is 1. The van der Waals surface area contributed by atoms with Crippen LogP contribution in [0.1, 0.15) is 33.4 Å². The summed E-state index contributed by atoms with van der Waals surface area (Å²) in [4.78, 5) is 30.5. The number of morpholine rings is 1. The van der Waals surface area contributed by atoms with Crippen LogP contribution < -0.4 is 16.4 Å². The molecule has 26 heavy (non-hydrogen) atoms. The second kappa shape index (κ2) is 9.40. The number of carbonyl (C=O) groups is 2. The molecule has 2 heterocycles. The number of thiazole rings is 1. The van der Waals surface area contributed by atoms with Crippen molar-refractivity contribution in [1.82, 2.24) is 15.2 Å². The number of hydrogen-bond donors (Lipinski definition) is 3. The summed E-state index contributed by atoms with van der Waals surface area (Å²) >= 11 is 1.38. The lowest BCUT2D eigenvalue weighted by Crippen LogP contribution is -2.46. The molecule has 2 amide bonds. The molecule has 1 saturated heterocycles. The van der Waals surface area contributed by atoms with E-state index >= 15 is 0 Å². The lowest BCUT2D eigenvalue weighted by Gasteiger charge is -2.34. The maximum atomic E-state index is 12.0. The Balaban J connectivity index is 1.78. The molecule has 1 aliphatic rings. The third kappa shape index (κ3) is 6.31. The minimum absolute atomic E-state index is 0.0187. The summed E-state index contributed by atoms with van der Waals surface area (Å²) in [5, 5.41) is 7.72. The van der Waals surface area contributed by atoms with E-state index in [1.165, 1.54) is 11.3 Å². The third-order valence-corrected chi connectivity index (χ3v) is 4.93. The van der Waals surface area contributed by atoms with Gasteiger partial charge in [0.15, 0.2) is 5.13 Å². The molecule has 1 aromatic rings. The van der Waals surface area contributed by atoms with Gasteiger partial charge in [0.25, 0.3) is 0 Å². The number of carbonyl (C=O) groups excluding carboxylic acids is 2. The number of amides is 2. The van der Waals surface area contributed by atoms with Gasteiger partial charge in [-0.25, -0.2) is 4.98 Å². The number of nitrogens with two attached hydrogens (primary N) is 1. The van der Waals surface area contributed by atoms with Crippen molar-refractivity contribution in [3.8, 4) is 0 Å². The minimum Gasteiger partial charge on any atom is -0.373 e. The first kappa shape index (κ1) is 20.8. The fourth-order valence-corrected chi connectivity index (χ4v) is 3.55. The molecule has 9 heteroatoms. The smallest absolute Gasteiger partial charge is 0.245 e. The van der Waals surface area contributed by atoms with E-state index in [1.54, 1.807) is 0 Å². The average Bonchev–Trinajstić information content (AvgIpc) is 2.97. The van der Waals surface area contributed by atoms with Crippen molar-refractivity contribution >= 4 is 28.3 Å². The Bertz CT molecular complexity index is 611. The summed E-state index contributed by atoms with van der Waals surface area (Å²) in [6, 6.07) is -0.618. The fourth-order valence-electron chi connectivity index (χ4n) is 2.83. The van der Waals surface area contributed by atoms with Gasteiger partial charge in [0.05, 0.1) is 30.5 Å². The van der Waals surface area contributed by atoms with Crippen molar-refractivity contribution in [1.29, 1.82) is 0 Å². The van der Waals surface area contributed by atoms with E-state index < -0.39 is 6.04 Å². The quantitative estimate of drug-likeness (QED) is 0.642. The normalized spacial score (nSPS) is 22.2. The molecule has 0 aromatic carbocycles. The summed E-state index contributed by atoms with van der Waals surface area (Å²) in [7, 11) is 0. The zero-order valence-corrected chi connectivity index (χ0v) is 16.6. The van der Waals surface area contributed by atoms with Crippen LogP contribution in [0.5, 0.6) is 0 Å². The number of nitrogens with zero attached hydrogens (tertiary/aromatic N) is 2. The predicted molar refractivity (Wildman–Crippen MR) is 102 cm³/mol. The minimum atomic E-state index is -0.618. The number of rotatable bonds is 7. The zero-order valence-electron chi connectivity index (χ0n) is 15.8. The molecular formula is C17H29N5O3S. The molecule has 1 aromatic heterocycles. The standard InChI is InChI=1S/C17H29N5O3S/c1-10(2)15(18)16(24)19-5-14(23)21-17-20-13(9-26-17)8-22-6-11(3)25-12(4)7-22/h9-12,15H,5-8,18H2,1-4H3,(H,19,24)(H,20,21,23)/t11?,12?,15-/m0/s1. The molecule has 2 rings (SSSR count). The first-order valence-corrected chi connectivity index (χ1v) is 9.78. The van der Waals surface area contributed by atoms with Crippen molar-refractivity contribution in [2.24, 2.45) is 11.7 Å². The highest BCUT2D eigenvalue weighted by Crippen LogP contribution is 2.19. The van der Waals surface area contributed by atoms with Crippen LogP contribution in [0.3, 0.4) is 0 Å². The Morgan fingerprint density at radius 1 is 1.38 bits per heavy atom. The number of anilines is 1. The molecule has 0 spiro atoms. The summed E-state index contributed by atoms with van der Waals surface area (Å²) < 4.78 is 5.73. The Kier molecular flexibility index (Phi) is 7.51. The molecule has 8 nitrogen and oxygen atoms in total. The second-order valence-electron chi connectivity index (χ2n) is 7.13. The third-order valence-electron chi connectivity index (χ3n) is 4.12. The first-order valence-electron chi connectivity index (χ1n) is 8.90. The van der Waals surface area contributed by atoms with Gasteiger partial charge in [-0.2, -0.15) is 0 Å².